The highest BCUT2D eigenvalue weighted by molar-refractivity contribution is 6.09. The van der Waals surface area contributed by atoms with Crippen molar-refractivity contribution in [2.24, 2.45) is 0 Å². The number of alkyl halides is 3. The van der Waals surface area contributed by atoms with Crippen LogP contribution in [0.4, 0.5) is 28.9 Å². The van der Waals surface area contributed by atoms with E-state index in [-0.39, 0.29) is 40.7 Å². The molecule has 1 amide bonds. The number of amides is 1. The third kappa shape index (κ3) is 4.07. The second kappa shape index (κ2) is 8.36. The van der Waals surface area contributed by atoms with E-state index in [1.54, 1.807) is 12.1 Å². The molecular formula is C25H19F4N5O3. The first kappa shape index (κ1) is 23.1. The molecule has 1 aliphatic heterocycles. The number of nitrogens with zero attached hydrogens (tertiary/aromatic N) is 2. The predicted octanol–water partition coefficient (Wildman–Crippen LogP) is 5.06. The highest BCUT2D eigenvalue weighted by Crippen LogP contribution is 2.50. The molecule has 1 aliphatic carbocycles. The summed E-state index contributed by atoms with van der Waals surface area (Å²) in [5, 5.41) is 6.11. The molecule has 2 aliphatic rings. The number of aromatic nitrogens is 3. The van der Waals surface area contributed by atoms with Gasteiger partial charge in [0.25, 0.3) is 5.91 Å². The van der Waals surface area contributed by atoms with Gasteiger partial charge >= 0.3 is 6.18 Å². The second-order valence-electron chi connectivity index (χ2n) is 8.81. The summed E-state index contributed by atoms with van der Waals surface area (Å²) in [7, 11) is 1.33. The van der Waals surface area contributed by atoms with E-state index in [2.05, 4.69) is 25.6 Å². The molecule has 37 heavy (non-hydrogen) atoms. The molecule has 0 saturated heterocycles. The van der Waals surface area contributed by atoms with Gasteiger partial charge in [0.15, 0.2) is 18.2 Å². The minimum atomic E-state index is -4.53. The third-order valence-corrected chi connectivity index (χ3v) is 6.38. The summed E-state index contributed by atoms with van der Waals surface area (Å²) in [6.45, 7) is -1.49. The molecule has 0 spiro atoms. The van der Waals surface area contributed by atoms with Crippen molar-refractivity contribution in [2.75, 3.05) is 19.0 Å². The van der Waals surface area contributed by atoms with Gasteiger partial charge in [-0.15, -0.1) is 0 Å². The van der Waals surface area contributed by atoms with Crippen molar-refractivity contribution >= 4 is 28.3 Å². The van der Waals surface area contributed by atoms with E-state index in [9.17, 15) is 22.4 Å². The Balaban J connectivity index is 1.52. The maximum atomic E-state index is 14.4. The van der Waals surface area contributed by atoms with E-state index < -0.39 is 18.6 Å². The van der Waals surface area contributed by atoms with Gasteiger partial charge in [-0.05, 0) is 30.7 Å². The summed E-state index contributed by atoms with van der Waals surface area (Å²) < 4.78 is 62.6. The number of H-pyrrole nitrogens is 1. The number of fused-ring (bicyclic) bond motifs is 4. The van der Waals surface area contributed by atoms with Gasteiger partial charge < -0.3 is 25.1 Å². The molecule has 6 rings (SSSR count). The molecule has 3 aromatic heterocycles. The van der Waals surface area contributed by atoms with Crippen LogP contribution in [-0.4, -0.2) is 46.8 Å². The number of anilines is 2. The summed E-state index contributed by atoms with van der Waals surface area (Å²) in [5.41, 5.74) is 3.34. The molecule has 190 valence electrons. The number of pyridine rings is 2. The Morgan fingerprint density at radius 3 is 2.81 bits per heavy atom. The normalized spacial score (nSPS) is 18.1. The van der Waals surface area contributed by atoms with Crippen LogP contribution in [0, 0.1) is 5.82 Å². The van der Waals surface area contributed by atoms with Crippen LogP contribution in [0.5, 0.6) is 11.6 Å². The average Bonchev–Trinajstić information content (AvgIpc) is 3.54. The van der Waals surface area contributed by atoms with Gasteiger partial charge in [-0.3, -0.25) is 9.78 Å². The minimum absolute atomic E-state index is 0.0257. The fraction of sp³-hybridized carbons (Fsp3) is 0.240. The summed E-state index contributed by atoms with van der Waals surface area (Å²) in [5.74, 6) is -1.06. The van der Waals surface area contributed by atoms with Gasteiger partial charge in [-0.2, -0.15) is 13.2 Å². The Kier molecular flexibility index (Phi) is 5.21. The molecule has 8 nitrogen and oxygen atoms in total. The number of hydrogen-bond donors (Lipinski definition) is 3. The van der Waals surface area contributed by atoms with Crippen LogP contribution in [0.2, 0.25) is 0 Å². The van der Waals surface area contributed by atoms with E-state index in [4.69, 9.17) is 9.47 Å². The summed E-state index contributed by atoms with van der Waals surface area (Å²) in [6, 6.07) is 8.84. The number of hydrogen-bond acceptors (Lipinski definition) is 6. The van der Waals surface area contributed by atoms with Crippen LogP contribution in [0.25, 0.3) is 22.3 Å². The summed E-state index contributed by atoms with van der Waals surface area (Å²) in [4.78, 5) is 25.0. The number of carbonyl (C=O) groups excluding carboxylic acids is 1. The zero-order chi connectivity index (χ0) is 25.9. The topological polar surface area (TPSA) is 101 Å². The van der Waals surface area contributed by atoms with Crippen molar-refractivity contribution in [3.63, 3.8) is 0 Å². The molecule has 2 atom stereocenters. The van der Waals surface area contributed by atoms with Crippen LogP contribution in [-0.2, 0) is 0 Å². The molecule has 1 aromatic carbocycles. The molecule has 3 N–H and O–H groups in total. The second-order valence-corrected chi connectivity index (χ2v) is 8.81. The van der Waals surface area contributed by atoms with Gasteiger partial charge in [0.2, 0.25) is 5.88 Å². The molecule has 2 unspecified atom stereocenters. The Labute approximate surface area is 207 Å². The highest BCUT2D eigenvalue weighted by Gasteiger charge is 2.48. The monoisotopic (exact) mass is 513 g/mol. The zero-order valence-corrected chi connectivity index (χ0v) is 19.2. The van der Waals surface area contributed by atoms with Crippen molar-refractivity contribution in [2.45, 2.75) is 24.6 Å². The van der Waals surface area contributed by atoms with Crippen LogP contribution in [0.1, 0.15) is 28.4 Å². The van der Waals surface area contributed by atoms with Gasteiger partial charge in [0.1, 0.15) is 5.52 Å². The van der Waals surface area contributed by atoms with E-state index in [0.717, 1.165) is 12.1 Å². The first-order valence-corrected chi connectivity index (χ1v) is 11.4. The highest BCUT2D eigenvalue weighted by atomic mass is 19.4. The predicted molar refractivity (Wildman–Crippen MR) is 126 cm³/mol. The molecule has 4 heterocycles. The van der Waals surface area contributed by atoms with Crippen LogP contribution in [0.15, 0.2) is 42.6 Å². The van der Waals surface area contributed by atoms with Crippen LogP contribution < -0.4 is 20.1 Å². The van der Waals surface area contributed by atoms with Crippen molar-refractivity contribution < 1.29 is 31.8 Å². The molecule has 12 heteroatoms. The molecule has 1 saturated carbocycles. The number of para-hydroxylation sites is 1. The van der Waals surface area contributed by atoms with Crippen LogP contribution in [0.3, 0.4) is 0 Å². The smallest absolute Gasteiger partial charge is 0.422 e. The fourth-order valence-electron chi connectivity index (χ4n) is 4.67. The third-order valence-electron chi connectivity index (χ3n) is 6.38. The van der Waals surface area contributed by atoms with E-state index in [1.807, 2.05) is 0 Å². The largest absolute Gasteiger partial charge is 0.492 e. The minimum Gasteiger partial charge on any atom is -0.492 e. The number of nitrogens with one attached hydrogen (secondary N) is 3. The van der Waals surface area contributed by atoms with Gasteiger partial charge in [0.05, 0.1) is 35.3 Å². The number of aromatic amines is 1. The lowest BCUT2D eigenvalue weighted by Gasteiger charge is -2.16. The number of benzene rings is 1. The molecule has 0 bridgehead atoms. The quantitative estimate of drug-likeness (QED) is 0.312. The first-order chi connectivity index (χ1) is 17.7. The Hall–Kier alpha value is -4.35. The summed E-state index contributed by atoms with van der Waals surface area (Å²) in [6.07, 6.45) is -2.23. The maximum Gasteiger partial charge on any atom is 0.422 e. The molecule has 4 aromatic rings. The lowest BCUT2D eigenvalue weighted by molar-refractivity contribution is -0.154. The first-order valence-electron chi connectivity index (χ1n) is 11.4. The molecule has 1 fully saturated rings. The Bertz CT molecular complexity index is 1550. The van der Waals surface area contributed by atoms with Crippen molar-refractivity contribution in [1.82, 2.24) is 20.3 Å². The number of carbonyl (C=O) groups is 1. The number of methoxy groups -OCH3 is 1. The average molecular weight is 513 g/mol. The standard InChI is InChI=1S/C25H19F4N5O3/c1-36-23-13(26)3-2-4-15(23)31-22-18-20(12-9-16(12)32-24(18)35)34-21(22)11-7-8-30-14-5-6-17(33-19(11)14)37-10-25(27,28)29/h2-8,12,16,31,34H,9-10H2,1H3,(H,32,35). The van der Waals surface area contributed by atoms with Crippen molar-refractivity contribution in [3.05, 3.63) is 59.7 Å². The Morgan fingerprint density at radius 1 is 1.19 bits per heavy atom. The molecular weight excluding hydrogens is 494 g/mol. The number of rotatable bonds is 6. The summed E-state index contributed by atoms with van der Waals surface area (Å²) >= 11 is 0. The van der Waals surface area contributed by atoms with Crippen LogP contribution >= 0.6 is 0 Å². The van der Waals surface area contributed by atoms with Crippen molar-refractivity contribution in [3.8, 4) is 22.9 Å². The fourth-order valence-corrected chi connectivity index (χ4v) is 4.67. The number of halogens is 4. The maximum absolute atomic E-state index is 14.4. The Morgan fingerprint density at radius 2 is 2.03 bits per heavy atom. The van der Waals surface area contributed by atoms with E-state index in [1.165, 1.54) is 37.6 Å². The van der Waals surface area contributed by atoms with Crippen molar-refractivity contribution in [1.29, 1.82) is 0 Å². The zero-order valence-electron chi connectivity index (χ0n) is 19.2. The van der Waals surface area contributed by atoms with Gasteiger partial charge in [-0.25, -0.2) is 9.37 Å². The molecule has 0 radical (unpaired) electrons. The van der Waals surface area contributed by atoms with Gasteiger partial charge in [-0.1, -0.05) is 6.07 Å². The van der Waals surface area contributed by atoms with E-state index in [0.29, 0.717) is 28.0 Å². The SMILES string of the molecule is COc1c(F)cccc1Nc1c(-c2ccnc3ccc(OCC(F)(F)F)nc23)[nH]c2c1C(=O)NC1CC21. The van der Waals surface area contributed by atoms with Gasteiger partial charge in [0, 0.05) is 35.5 Å². The lowest BCUT2D eigenvalue weighted by Crippen LogP contribution is -2.31. The number of ether oxygens (including phenoxy) is 2. The van der Waals surface area contributed by atoms with E-state index >= 15 is 0 Å². The lowest BCUT2D eigenvalue weighted by atomic mass is 10.0.